The molecule has 0 unspecified atom stereocenters. The van der Waals surface area contributed by atoms with Crippen molar-refractivity contribution < 1.29 is 9.84 Å². The van der Waals surface area contributed by atoms with Crippen molar-refractivity contribution in [2.75, 3.05) is 13.2 Å². The summed E-state index contributed by atoms with van der Waals surface area (Å²) in [4.78, 5) is 0. The van der Waals surface area contributed by atoms with Crippen LogP contribution < -0.4 is 0 Å². The maximum absolute atomic E-state index is 8.54. The Bertz CT molecular complexity index is 322. The molecule has 0 saturated carbocycles. The Hall–Kier alpha value is -1.30. The molecule has 0 atom stereocenters. The molecule has 0 spiro atoms. The molecule has 2 nitrogen and oxygen atoms in total. The monoisotopic (exact) mass is 218 g/mol. The summed E-state index contributed by atoms with van der Waals surface area (Å²) < 4.78 is 5.47. The van der Waals surface area contributed by atoms with Gasteiger partial charge in [0.25, 0.3) is 0 Å². The summed E-state index contributed by atoms with van der Waals surface area (Å²) >= 11 is 0. The molecule has 2 heteroatoms. The van der Waals surface area contributed by atoms with E-state index in [0.717, 1.165) is 19.3 Å². The van der Waals surface area contributed by atoms with Crippen LogP contribution in [-0.2, 0) is 11.3 Å². The lowest BCUT2D eigenvalue weighted by molar-refractivity contribution is 0.126. The van der Waals surface area contributed by atoms with E-state index < -0.39 is 0 Å². The van der Waals surface area contributed by atoms with Gasteiger partial charge in [0.1, 0.15) is 0 Å². The Morgan fingerprint density at radius 3 is 2.56 bits per heavy atom. The maximum atomic E-state index is 8.54. The minimum Gasteiger partial charge on any atom is -0.396 e. The topological polar surface area (TPSA) is 29.5 Å². The smallest absolute Gasteiger partial charge is 0.0717 e. The highest BCUT2D eigenvalue weighted by Gasteiger charge is 1.89. The van der Waals surface area contributed by atoms with Crippen molar-refractivity contribution in [3.8, 4) is 11.8 Å². The minimum absolute atomic E-state index is 0.221. The molecule has 0 bridgehead atoms. The Morgan fingerprint density at radius 1 is 1.06 bits per heavy atom. The second kappa shape index (κ2) is 8.96. The fraction of sp³-hybridized carbons (Fsp3) is 0.429. The fourth-order valence-corrected chi connectivity index (χ4v) is 1.23. The van der Waals surface area contributed by atoms with Crippen LogP contribution in [0.4, 0.5) is 0 Å². The van der Waals surface area contributed by atoms with Gasteiger partial charge in [-0.3, -0.25) is 0 Å². The molecule has 1 aromatic rings. The summed E-state index contributed by atoms with van der Waals surface area (Å²) in [6.07, 6.45) is 2.30. The van der Waals surface area contributed by atoms with Crippen LogP contribution in [0.15, 0.2) is 30.3 Å². The van der Waals surface area contributed by atoms with Gasteiger partial charge in [0.05, 0.1) is 13.2 Å². The van der Waals surface area contributed by atoms with E-state index in [1.165, 1.54) is 5.56 Å². The highest BCUT2D eigenvalue weighted by atomic mass is 16.5. The number of hydrogen-bond donors (Lipinski definition) is 1. The van der Waals surface area contributed by atoms with Gasteiger partial charge in [-0.25, -0.2) is 0 Å². The van der Waals surface area contributed by atoms with Crippen LogP contribution in [0.2, 0.25) is 0 Å². The lowest BCUT2D eigenvalue weighted by Gasteiger charge is -2.00. The first kappa shape index (κ1) is 12.8. The molecular weight excluding hydrogens is 200 g/mol. The number of aliphatic hydroxyl groups excluding tert-OH is 1. The van der Waals surface area contributed by atoms with Gasteiger partial charge < -0.3 is 9.84 Å². The second-order valence-corrected chi connectivity index (χ2v) is 3.47. The molecule has 1 rings (SSSR count). The van der Waals surface area contributed by atoms with E-state index >= 15 is 0 Å². The van der Waals surface area contributed by atoms with E-state index in [-0.39, 0.29) is 6.61 Å². The molecule has 0 fully saturated rings. The number of aliphatic hydroxyl groups is 1. The van der Waals surface area contributed by atoms with Crippen molar-refractivity contribution >= 4 is 0 Å². The van der Waals surface area contributed by atoms with Crippen LogP contribution in [0.5, 0.6) is 0 Å². The van der Waals surface area contributed by atoms with Crippen LogP contribution in [-0.4, -0.2) is 18.3 Å². The van der Waals surface area contributed by atoms with Crippen LogP contribution in [0, 0.1) is 11.8 Å². The van der Waals surface area contributed by atoms with E-state index in [1.807, 2.05) is 30.3 Å². The van der Waals surface area contributed by atoms with Crippen molar-refractivity contribution in [3.63, 3.8) is 0 Å². The maximum Gasteiger partial charge on any atom is 0.0717 e. The van der Waals surface area contributed by atoms with Gasteiger partial charge in [-0.2, -0.15) is 0 Å². The number of unbranched alkanes of at least 4 members (excludes halogenated alkanes) is 1. The first-order valence-corrected chi connectivity index (χ1v) is 5.61. The van der Waals surface area contributed by atoms with Gasteiger partial charge in [0, 0.05) is 19.4 Å². The molecule has 0 saturated heterocycles. The zero-order valence-corrected chi connectivity index (χ0v) is 9.48. The summed E-state index contributed by atoms with van der Waals surface area (Å²) in [5.41, 5.74) is 1.19. The Labute approximate surface area is 97.3 Å². The number of hydrogen-bond acceptors (Lipinski definition) is 2. The average Bonchev–Trinajstić information content (AvgIpc) is 2.34. The van der Waals surface area contributed by atoms with Gasteiger partial charge in [0.2, 0.25) is 0 Å². The highest BCUT2D eigenvalue weighted by Crippen LogP contribution is 2.00. The Balaban J connectivity index is 2.01. The molecule has 0 radical (unpaired) electrons. The van der Waals surface area contributed by atoms with E-state index in [0.29, 0.717) is 13.2 Å². The van der Waals surface area contributed by atoms with Crippen molar-refractivity contribution in [2.45, 2.75) is 25.9 Å². The molecule has 0 aliphatic heterocycles. The largest absolute Gasteiger partial charge is 0.396 e. The molecule has 0 amide bonds. The average molecular weight is 218 g/mol. The summed E-state index contributed by atoms with van der Waals surface area (Å²) in [5.74, 6) is 6.02. The molecule has 0 heterocycles. The third-order valence-corrected chi connectivity index (χ3v) is 2.07. The van der Waals surface area contributed by atoms with Crippen molar-refractivity contribution in [3.05, 3.63) is 35.9 Å². The molecule has 0 aromatic heterocycles. The standard InChI is InChI=1S/C14H18O2/c15-11-7-2-1-3-8-12-16-13-14-9-5-4-6-10-14/h4-6,9-10,15H,2,7-8,11-13H2. The first-order valence-electron chi connectivity index (χ1n) is 5.61. The molecule has 0 aliphatic carbocycles. The third-order valence-electron chi connectivity index (χ3n) is 2.07. The predicted octanol–water partition coefficient (Wildman–Crippen LogP) is 2.37. The molecule has 1 N–H and O–H groups in total. The van der Waals surface area contributed by atoms with E-state index in [9.17, 15) is 0 Å². The van der Waals surface area contributed by atoms with Gasteiger partial charge >= 0.3 is 0 Å². The number of ether oxygens (including phenoxy) is 1. The first-order chi connectivity index (χ1) is 7.93. The van der Waals surface area contributed by atoms with Crippen molar-refractivity contribution in [1.29, 1.82) is 0 Å². The number of benzene rings is 1. The molecule has 0 aliphatic rings. The molecule has 1 aromatic carbocycles. The fourth-order valence-electron chi connectivity index (χ4n) is 1.23. The van der Waals surface area contributed by atoms with Crippen LogP contribution in [0.25, 0.3) is 0 Å². The van der Waals surface area contributed by atoms with Gasteiger partial charge in [0.15, 0.2) is 0 Å². The van der Waals surface area contributed by atoms with Crippen molar-refractivity contribution in [1.82, 2.24) is 0 Å². The summed E-state index contributed by atoms with van der Waals surface area (Å²) in [6, 6.07) is 10.1. The zero-order valence-electron chi connectivity index (χ0n) is 9.48. The van der Waals surface area contributed by atoms with Gasteiger partial charge in [-0.1, -0.05) is 30.3 Å². The molecule has 86 valence electrons. The molecule has 16 heavy (non-hydrogen) atoms. The summed E-state index contributed by atoms with van der Waals surface area (Å²) in [6.45, 7) is 1.54. The Kier molecular flexibility index (Phi) is 7.15. The van der Waals surface area contributed by atoms with E-state index in [2.05, 4.69) is 11.8 Å². The van der Waals surface area contributed by atoms with E-state index in [4.69, 9.17) is 9.84 Å². The lowest BCUT2D eigenvalue weighted by atomic mass is 10.2. The zero-order chi connectivity index (χ0) is 11.5. The van der Waals surface area contributed by atoms with Gasteiger partial charge in [-0.05, 0) is 12.0 Å². The second-order valence-electron chi connectivity index (χ2n) is 3.47. The minimum atomic E-state index is 0.221. The van der Waals surface area contributed by atoms with Crippen LogP contribution >= 0.6 is 0 Å². The Morgan fingerprint density at radius 2 is 1.81 bits per heavy atom. The van der Waals surface area contributed by atoms with Crippen LogP contribution in [0.1, 0.15) is 24.8 Å². The van der Waals surface area contributed by atoms with Gasteiger partial charge in [-0.15, -0.1) is 11.8 Å². The normalized spacial score (nSPS) is 9.56. The molecular formula is C14H18O2. The van der Waals surface area contributed by atoms with E-state index in [1.54, 1.807) is 0 Å². The summed E-state index contributed by atoms with van der Waals surface area (Å²) in [5, 5.41) is 8.54. The summed E-state index contributed by atoms with van der Waals surface area (Å²) in [7, 11) is 0. The van der Waals surface area contributed by atoms with Crippen LogP contribution in [0.3, 0.4) is 0 Å². The third kappa shape index (κ3) is 6.23. The lowest BCUT2D eigenvalue weighted by Crippen LogP contribution is -1.94. The van der Waals surface area contributed by atoms with Crippen molar-refractivity contribution in [2.24, 2.45) is 0 Å². The number of rotatable bonds is 6. The quantitative estimate of drug-likeness (QED) is 0.586. The highest BCUT2D eigenvalue weighted by molar-refractivity contribution is 5.13. The predicted molar refractivity (Wildman–Crippen MR) is 64.8 cm³/mol. The SMILES string of the molecule is OCCCC#CCCOCc1ccccc1.